The Morgan fingerprint density at radius 3 is 1.46 bits per heavy atom. The van der Waals surface area contributed by atoms with E-state index in [-0.39, 0.29) is 13.2 Å². The van der Waals surface area contributed by atoms with Crippen LogP contribution >= 0.6 is 11.8 Å². The predicted octanol–water partition coefficient (Wildman–Crippen LogP) is -2.46. The topological polar surface area (TPSA) is 101 Å². The standard InChI is InChI=1S/C7H14O5S/c8-1-3-5(10)7(12)6(11)4(2-9)13-3/h3-12H,1-2H2. The van der Waals surface area contributed by atoms with Gasteiger partial charge in [-0.05, 0) is 0 Å². The first kappa shape index (κ1) is 11.2. The van der Waals surface area contributed by atoms with Gasteiger partial charge in [0.2, 0.25) is 0 Å². The summed E-state index contributed by atoms with van der Waals surface area (Å²) >= 11 is 1.09. The fourth-order valence-corrected chi connectivity index (χ4v) is 2.59. The molecule has 1 heterocycles. The minimum atomic E-state index is -1.30. The SMILES string of the molecule is OCC1SC(CO)C(O)C(O)C1O. The van der Waals surface area contributed by atoms with E-state index >= 15 is 0 Å². The Bertz CT molecular complexity index is 147. The van der Waals surface area contributed by atoms with Crippen molar-refractivity contribution in [1.82, 2.24) is 0 Å². The lowest BCUT2D eigenvalue weighted by atomic mass is 10.0. The number of aliphatic hydroxyl groups excluding tert-OH is 5. The quantitative estimate of drug-likeness (QED) is 0.346. The normalized spacial score (nSPS) is 46.4. The van der Waals surface area contributed by atoms with Gasteiger partial charge < -0.3 is 25.5 Å². The minimum absolute atomic E-state index is 0.286. The average molecular weight is 210 g/mol. The number of hydrogen-bond acceptors (Lipinski definition) is 6. The lowest BCUT2D eigenvalue weighted by molar-refractivity contribution is -0.0734. The molecule has 0 saturated carbocycles. The molecule has 0 aromatic rings. The van der Waals surface area contributed by atoms with Gasteiger partial charge in [0, 0.05) is 0 Å². The minimum Gasteiger partial charge on any atom is -0.395 e. The predicted molar refractivity (Wildman–Crippen MR) is 47.4 cm³/mol. The Morgan fingerprint density at radius 1 is 0.769 bits per heavy atom. The van der Waals surface area contributed by atoms with Crippen LogP contribution < -0.4 is 0 Å². The van der Waals surface area contributed by atoms with Crippen LogP contribution in [0.4, 0.5) is 0 Å². The van der Waals surface area contributed by atoms with Crippen molar-refractivity contribution >= 4 is 11.8 Å². The van der Waals surface area contributed by atoms with E-state index in [1.54, 1.807) is 0 Å². The van der Waals surface area contributed by atoms with Gasteiger partial charge in [-0.15, -0.1) is 11.8 Å². The summed E-state index contributed by atoms with van der Waals surface area (Å²) < 4.78 is 0. The van der Waals surface area contributed by atoms with Crippen LogP contribution in [0, 0.1) is 0 Å². The smallest absolute Gasteiger partial charge is 0.108 e. The second kappa shape index (κ2) is 4.59. The van der Waals surface area contributed by atoms with E-state index in [2.05, 4.69) is 0 Å². The molecule has 1 saturated heterocycles. The molecule has 0 bridgehead atoms. The zero-order valence-corrected chi connectivity index (χ0v) is 7.76. The summed E-state index contributed by atoms with van der Waals surface area (Å²) in [4.78, 5) is 0. The third-order valence-electron chi connectivity index (χ3n) is 2.17. The molecule has 13 heavy (non-hydrogen) atoms. The number of rotatable bonds is 2. The third kappa shape index (κ3) is 2.15. The van der Waals surface area contributed by atoms with Crippen molar-refractivity contribution in [2.45, 2.75) is 28.8 Å². The van der Waals surface area contributed by atoms with E-state index in [0.717, 1.165) is 11.8 Å². The van der Waals surface area contributed by atoms with E-state index in [1.165, 1.54) is 0 Å². The molecule has 78 valence electrons. The van der Waals surface area contributed by atoms with Gasteiger partial charge in [0.25, 0.3) is 0 Å². The van der Waals surface area contributed by atoms with Gasteiger partial charge in [0.05, 0.1) is 35.9 Å². The molecule has 4 atom stereocenters. The Balaban J connectivity index is 2.66. The van der Waals surface area contributed by atoms with Gasteiger partial charge in [-0.25, -0.2) is 0 Å². The molecule has 4 unspecified atom stereocenters. The van der Waals surface area contributed by atoms with Crippen LogP contribution in [0.1, 0.15) is 0 Å². The molecule has 1 fully saturated rings. The van der Waals surface area contributed by atoms with Gasteiger partial charge in [0.1, 0.15) is 6.10 Å². The lowest BCUT2D eigenvalue weighted by Gasteiger charge is -2.38. The van der Waals surface area contributed by atoms with E-state index < -0.39 is 28.8 Å². The molecule has 1 aliphatic rings. The zero-order chi connectivity index (χ0) is 10.0. The number of aliphatic hydroxyl groups is 5. The molecular formula is C7H14O5S. The molecule has 0 aromatic heterocycles. The molecule has 0 aromatic carbocycles. The first-order chi connectivity index (χ1) is 6.11. The maximum Gasteiger partial charge on any atom is 0.108 e. The van der Waals surface area contributed by atoms with Crippen molar-refractivity contribution in [1.29, 1.82) is 0 Å². The van der Waals surface area contributed by atoms with Gasteiger partial charge >= 0.3 is 0 Å². The summed E-state index contributed by atoms with van der Waals surface area (Å²) in [7, 11) is 0. The lowest BCUT2D eigenvalue weighted by Crippen LogP contribution is -2.54. The first-order valence-corrected chi connectivity index (χ1v) is 4.97. The van der Waals surface area contributed by atoms with Crippen LogP contribution in [0.15, 0.2) is 0 Å². The number of thioether (sulfide) groups is 1. The number of hydrogen-bond donors (Lipinski definition) is 5. The highest BCUT2D eigenvalue weighted by atomic mass is 32.2. The first-order valence-electron chi connectivity index (χ1n) is 4.03. The molecule has 0 spiro atoms. The molecule has 6 heteroatoms. The van der Waals surface area contributed by atoms with Crippen LogP contribution in [0.2, 0.25) is 0 Å². The third-order valence-corrected chi connectivity index (χ3v) is 3.73. The summed E-state index contributed by atoms with van der Waals surface area (Å²) in [6, 6.07) is 0. The van der Waals surface area contributed by atoms with E-state index in [1.807, 2.05) is 0 Å². The summed E-state index contributed by atoms with van der Waals surface area (Å²) in [5, 5.41) is 44.6. The monoisotopic (exact) mass is 210 g/mol. The van der Waals surface area contributed by atoms with Gasteiger partial charge in [-0.3, -0.25) is 0 Å². The van der Waals surface area contributed by atoms with Crippen molar-refractivity contribution in [2.24, 2.45) is 0 Å². The molecule has 0 aliphatic carbocycles. The molecule has 1 rings (SSSR count). The summed E-state index contributed by atoms with van der Waals surface area (Å²) in [5.41, 5.74) is 0. The Kier molecular flexibility index (Phi) is 3.96. The van der Waals surface area contributed by atoms with Crippen LogP contribution in [0.5, 0.6) is 0 Å². The maximum absolute atomic E-state index is 9.35. The molecular weight excluding hydrogens is 196 g/mol. The van der Waals surface area contributed by atoms with Crippen molar-refractivity contribution in [3.8, 4) is 0 Å². The van der Waals surface area contributed by atoms with Crippen molar-refractivity contribution in [3.63, 3.8) is 0 Å². The molecule has 0 amide bonds. The second-order valence-corrected chi connectivity index (χ2v) is 4.53. The van der Waals surface area contributed by atoms with Crippen molar-refractivity contribution in [3.05, 3.63) is 0 Å². The highest BCUT2D eigenvalue weighted by molar-refractivity contribution is 8.00. The van der Waals surface area contributed by atoms with E-state index in [9.17, 15) is 15.3 Å². The van der Waals surface area contributed by atoms with E-state index in [0.29, 0.717) is 0 Å². The average Bonchev–Trinajstić information content (AvgIpc) is 2.15. The summed E-state index contributed by atoms with van der Waals surface area (Å²) in [6.07, 6.45) is -3.59. The zero-order valence-electron chi connectivity index (χ0n) is 6.95. The van der Waals surface area contributed by atoms with Crippen LogP contribution in [-0.4, -0.2) is 67.6 Å². The maximum atomic E-state index is 9.35. The fourth-order valence-electron chi connectivity index (χ4n) is 1.33. The Hall–Kier alpha value is 0.150. The largest absolute Gasteiger partial charge is 0.395 e. The highest BCUT2D eigenvalue weighted by Gasteiger charge is 2.42. The summed E-state index contributed by atoms with van der Waals surface area (Å²) in [5.74, 6) is 0. The molecule has 5 N–H and O–H groups in total. The molecule has 0 radical (unpaired) electrons. The van der Waals surface area contributed by atoms with Gasteiger partial charge in [0.15, 0.2) is 0 Å². The van der Waals surface area contributed by atoms with Crippen molar-refractivity contribution in [2.75, 3.05) is 13.2 Å². The van der Waals surface area contributed by atoms with Gasteiger partial charge in [-0.1, -0.05) is 0 Å². The van der Waals surface area contributed by atoms with Crippen LogP contribution in [0.25, 0.3) is 0 Å². The molecule has 1 aliphatic heterocycles. The Morgan fingerprint density at radius 2 is 1.15 bits per heavy atom. The van der Waals surface area contributed by atoms with Crippen molar-refractivity contribution < 1.29 is 25.5 Å². The van der Waals surface area contributed by atoms with Crippen LogP contribution in [-0.2, 0) is 0 Å². The Labute approximate surface area is 80.0 Å². The fraction of sp³-hybridized carbons (Fsp3) is 1.00. The van der Waals surface area contributed by atoms with Crippen LogP contribution in [0.3, 0.4) is 0 Å². The highest BCUT2D eigenvalue weighted by Crippen LogP contribution is 2.32. The molecule has 5 nitrogen and oxygen atoms in total. The summed E-state index contributed by atoms with van der Waals surface area (Å²) in [6.45, 7) is -0.571. The van der Waals surface area contributed by atoms with Gasteiger partial charge in [-0.2, -0.15) is 0 Å². The second-order valence-electron chi connectivity index (χ2n) is 3.05. The van der Waals surface area contributed by atoms with E-state index in [4.69, 9.17) is 10.2 Å².